The molecule has 1 saturated heterocycles. The molecule has 0 bridgehead atoms. The van der Waals surface area contributed by atoms with Crippen molar-refractivity contribution < 1.29 is 4.79 Å². The minimum Gasteiger partial charge on any atom is -0.355 e. The smallest absolute Gasteiger partial charge is 0.230 e. The molecule has 1 heterocycles. The number of benzene rings is 1. The second-order valence-electron chi connectivity index (χ2n) is 7.54. The summed E-state index contributed by atoms with van der Waals surface area (Å²) in [7, 11) is 0. The molecule has 1 aromatic rings. The van der Waals surface area contributed by atoms with Crippen LogP contribution in [0.25, 0.3) is 0 Å². The first kappa shape index (κ1) is 17.0. The average molecular weight is 379 g/mol. The molecule has 4 heteroatoms. The Morgan fingerprint density at radius 1 is 1.22 bits per heavy atom. The number of hydrogen-bond acceptors (Lipinski definition) is 2. The molecule has 0 atom stereocenters. The van der Waals surface area contributed by atoms with Gasteiger partial charge in [0.25, 0.3) is 0 Å². The van der Waals surface area contributed by atoms with Crippen LogP contribution in [0, 0.1) is 5.41 Å². The highest BCUT2D eigenvalue weighted by Gasteiger charge is 2.43. The summed E-state index contributed by atoms with van der Waals surface area (Å²) in [5.74, 6) is 0.229. The lowest BCUT2D eigenvalue weighted by Gasteiger charge is -2.36. The lowest BCUT2D eigenvalue weighted by molar-refractivity contribution is -0.127. The van der Waals surface area contributed by atoms with Gasteiger partial charge in [0.2, 0.25) is 5.91 Å². The van der Waals surface area contributed by atoms with Gasteiger partial charge in [-0.1, -0.05) is 47.8 Å². The molecule has 0 radical (unpaired) electrons. The van der Waals surface area contributed by atoms with E-state index in [1.54, 1.807) is 0 Å². The van der Waals surface area contributed by atoms with Gasteiger partial charge in [0, 0.05) is 11.0 Å². The summed E-state index contributed by atoms with van der Waals surface area (Å²) in [4.78, 5) is 13.1. The van der Waals surface area contributed by atoms with Gasteiger partial charge < -0.3 is 10.6 Å². The Balaban J connectivity index is 1.74. The molecule has 1 amide bonds. The fourth-order valence-corrected chi connectivity index (χ4v) is 4.48. The molecule has 1 aliphatic carbocycles. The van der Waals surface area contributed by atoms with Crippen LogP contribution in [0.5, 0.6) is 0 Å². The van der Waals surface area contributed by atoms with E-state index in [0.717, 1.165) is 68.2 Å². The van der Waals surface area contributed by atoms with E-state index in [1.165, 1.54) is 0 Å². The molecule has 3 rings (SSSR count). The normalized spacial score (nSPS) is 22.7. The maximum Gasteiger partial charge on any atom is 0.230 e. The zero-order valence-electron chi connectivity index (χ0n) is 14.0. The highest BCUT2D eigenvalue weighted by Crippen LogP contribution is 2.42. The van der Waals surface area contributed by atoms with Gasteiger partial charge in [0.05, 0.1) is 5.41 Å². The topological polar surface area (TPSA) is 41.1 Å². The summed E-state index contributed by atoms with van der Waals surface area (Å²) < 4.78 is 1.05. The van der Waals surface area contributed by atoms with Crippen molar-refractivity contribution in [2.75, 3.05) is 19.6 Å². The molecular formula is C19H27BrN2O. The molecule has 23 heavy (non-hydrogen) atoms. The third-order valence-corrected chi connectivity index (χ3v) is 6.25. The van der Waals surface area contributed by atoms with E-state index in [9.17, 15) is 4.79 Å². The van der Waals surface area contributed by atoms with Gasteiger partial charge in [-0.25, -0.2) is 0 Å². The van der Waals surface area contributed by atoms with Crippen LogP contribution < -0.4 is 10.6 Å². The molecule has 2 fully saturated rings. The Kier molecular flexibility index (Phi) is 5.12. The summed E-state index contributed by atoms with van der Waals surface area (Å²) in [5.41, 5.74) is 1.07. The van der Waals surface area contributed by atoms with Gasteiger partial charge in [0.15, 0.2) is 0 Å². The number of carbonyl (C=O) groups is 1. The Bertz CT molecular complexity index is 560. The van der Waals surface area contributed by atoms with Crippen molar-refractivity contribution >= 4 is 21.8 Å². The summed E-state index contributed by atoms with van der Waals surface area (Å²) in [6.07, 6.45) is 6.48. The summed E-state index contributed by atoms with van der Waals surface area (Å²) in [5, 5.41) is 6.72. The monoisotopic (exact) mass is 378 g/mol. The minimum absolute atomic E-state index is 0.229. The highest BCUT2D eigenvalue weighted by molar-refractivity contribution is 9.10. The molecule has 1 aliphatic heterocycles. The number of rotatable bonds is 4. The first-order valence-corrected chi connectivity index (χ1v) is 9.59. The standard InChI is InChI=1S/C19H27BrN2O/c1-18(9-11-21-12-10-18)14-22-17(23)19(7-2-3-8-19)15-5-4-6-16(20)13-15/h4-6,13,21H,2-3,7-12,14H2,1H3,(H,22,23). The molecule has 1 saturated carbocycles. The predicted octanol–water partition coefficient (Wildman–Crippen LogP) is 3.77. The third kappa shape index (κ3) is 3.63. The minimum atomic E-state index is -0.326. The number of carbonyl (C=O) groups excluding carboxylic acids is 1. The molecule has 3 nitrogen and oxygen atoms in total. The average Bonchev–Trinajstić information content (AvgIpc) is 3.04. The van der Waals surface area contributed by atoms with E-state index in [4.69, 9.17) is 0 Å². The first-order chi connectivity index (χ1) is 11.0. The van der Waals surface area contributed by atoms with Crippen molar-refractivity contribution in [1.82, 2.24) is 10.6 Å². The Morgan fingerprint density at radius 3 is 2.57 bits per heavy atom. The zero-order chi connectivity index (χ0) is 16.3. The van der Waals surface area contributed by atoms with Crippen molar-refractivity contribution in [3.8, 4) is 0 Å². The van der Waals surface area contributed by atoms with Crippen LogP contribution in [-0.2, 0) is 10.2 Å². The van der Waals surface area contributed by atoms with Crippen molar-refractivity contribution in [3.63, 3.8) is 0 Å². The van der Waals surface area contributed by atoms with E-state index in [0.29, 0.717) is 0 Å². The van der Waals surface area contributed by atoms with Crippen LogP contribution in [0.15, 0.2) is 28.7 Å². The van der Waals surface area contributed by atoms with Crippen molar-refractivity contribution in [1.29, 1.82) is 0 Å². The number of amides is 1. The number of hydrogen-bond donors (Lipinski definition) is 2. The maximum atomic E-state index is 13.1. The van der Waals surface area contributed by atoms with Gasteiger partial charge >= 0.3 is 0 Å². The first-order valence-electron chi connectivity index (χ1n) is 8.79. The van der Waals surface area contributed by atoms with E-state index < -0.39 is 0 Å². The number of piperidine rings is 1. The van der Waals surface area contributed by atoms with Gasteiger partial charge in [-0.05, 0) is 61.9 Å². The maximum absolute atomic E-state index is 13.1. The van der Waals surface area contributed by atoms with Gasteiger partial charge in [-0.2, -0.15) is 0 Å². The van der Waals surface area contributed by atoms with Crippen molar-refractivity contribution in [3.05, 3.63) is 34.3 Å². The Labute approximate surface area is 147 Å². The summed E-state index contributed by atoms with van der Waals surface area (Å²) in [6, 6.07) is 8.31. The SMILES string of the molecule is CC1(CNC(=O)C2(c3cccc(Br)c3)CCCC2)CCNCC1. The quantitative estimate of drug-likeness (QED) is 0.836. The van der Waals surface area contributed by atoms with Crippen LogP contribution in [0.2, 0.25) is 0 Å². The van der Waals surface area contributed by atoms with Crippen molar-refractivity contribution in [2.24, 2.45) is 5.41 Å². The van der Waals surface area contributed by atoms with Gasteiger partial charge in [0.1, 0.15) is 0 Å². The van der Waals surface area contributed by atoms with E-state index in [1.807, 2.05) is 12.1 Å². The Morgan fingerprint density at radius 2 is 1.91 bits per heavy atom. The lowest BCUT2D eigenvalue weighted by Crippen LogP contribution is -2.48. The predicted molar refractivity (Wildman–Crippen MR) is 97.5 cm³/mol. The Hall–Kier alpha value is -0.870. The third-order valence-electron chi connectivity index (χ3n) is 5.76. The van der Waals surface area contributed by atoms with Crippen LogP contribution in [0.4, 0.5) is 0 Å². The van der Waals surface area contributed by atoms with E-state index in [-0.39, 0.29) is 16.7 Å². The lowest BCUT2D eigenvalue weighted by atomic mass is 9.77. The van der Waals surface area contributed by atoms with Crippen LogP contribution in [0.1, 0.15) is 51.0 Å². The van der Waals surface area contributed by atoms with E-state index in [2.05, 4.69) is 45.6 Å². The van der Waals surface area contributed by atoms with Crippen molar-refractivity contribution in [2.45, 2.75) is 50.9 Å². The van der Waals surface area contributed by atoms with E-state index >= 15 is 0 Å². The van der Waals surface area contributed by atoms with Crippen LogP contribution >= 0.6 is 15.9 Å². The fraction of sp³-hybridized carbons (Fsp3) is 0.632. The molecule has 2 N–H and O–H groups in total. The molecule has 2 aliphatic rings. The second-order valence-corrected chi connectivity index (χ2v) is 8.46. The second kappa shape index (κ2) is 6.94. The van der Waals surface area contributed by atoms with Crippen LogP contribution in [-0.4, -0.2) is 25.5 Å². The summed E-state index contributed by atoms with van der Waals surface area (Å²) in [6.45, 7) is 5.21. The number of halogens is 1. The molecular weight excluding hydrogens is 352 g/mol. The van der Waals surface area contributed by atoms with Gasteiger partial charge in [-0.3, -0.25) is 4.79 Å². The van der Waals surface area contributed by atoms with Gasteiger partial charge in [-0.15, -0.1) is 0 Å². The fourth-order valence-electron chi connectivity index (χ4n) is 4.08. The molecule has 1 aromatic carbocycles. The highest BCUT2D eigenvalue weighted by atomic mass is 79.9. The molecule has 0 unspecified atom stereocenters. The molecule has 0 aromatic heterocycles. The van der Waals surface area contributed by atoms with Crippen LogP contribution in [0.3, 0.4) is 0 Å². The molecule has 126 valence electrons. The zero-order valence-corrected chi connectivity index (χ0v) is 15.5. The molecule has 0 spiro atoms. The number of nitrogens with one attached hydrogen (secondary N) is 2. The largest absolute Gasteiger partial charge is 0.355 e. The summed E-state index contributed by atoms with van der Waals surface area (Å²) >= 11 is 3.55.